The Morgan fingerprint density at radius 3 is 1.12 bits per heavy atom. The summed E-state index contributed by atoms with van der Waals surface area (Å²) in [4.78, 5) is 0. The minimum absolute atomic E-state index is 0.188. The number of benzene rings is 3. The molecule has 0 bridgehead atoms. The molecule has 3 aromatic rings. The topological polar surface area (TPSA) is 88.4 Å². The van der Waals surface area contributed by atoms with E-state index in [1.54, 1.807) is 0 Å². The molecule has 0 radical (unpaired) electrons. The minimum atomic E-state index is -1.33. The van der Waals surface area contributed by atoms with Crippen LogP contribution in [0.25, 0.3) is 0 Å². The minimum Gasteiger partial charge on any atom is -0.387 e. The lowest BCUT2D eigenvalue weighted by Crippen LogP contribution is -2.65. The van der Waals surface area contributed by atoms with Gasteiger partial charge in [-0.1, -0.05) is 91.0 Å². The van der Waals surface area contributed by atoms with Gasteiger partial charge in [0.15, 0.2) is 0 Å². The third-order valence-corrected chi connectivity index (χ3v) is 5.88. The zero-order valence-corrected chi connectivity index (χ0v) is 18.3. The lowest BCUT2D eigenvalue weighted by Gasteiger charge is -2.45. The van der Waals surface area contributed by atoms with Crippen molar-refractivity contribution in [1.82, 2.24) is 0 Å². The third-order valence-electron chi connectivity index (χ3n) is 5.88. The van der Waals surface area contributed by atoms with Crippen LogP contribution in [0.4, 0.5) is 0 Å². The standard InChI is InChI=1S/C27H30O6/c28-22-23(29)26(32-17-20-12-6-2-7-13-20)27(33-18-21-14-8-3-9-15-21)24(30)25(22)31-16-19-10-4-1-5-11-19/h1-15,22-30H,16-18H2/t22-,23-,24-,25+,26-,27+/m0/s1. The Morgan fingerprint density at radius 2 is 0.727 bits per heavy atom. The fraction of sp³-hybridized carbons (Fsp3) is 0.333. The summed E-state index contributed by atoms with van der Waals surface area (Å²) in [5.41, 5.74) is 2.74. The number of ether oxygens (including phenoxy) is 3. The molecule has 33 heavy (non-hydrogen) atoms. The molecule has 0 unspecified atom stereocenters. The van der Waals surface area contributed by atoms with E-state index in [0.29, 0.717) is 0 Å². The van der Waals surface area contributed by atoms with Crippen LogP contribution in [-0.4, -0.2) is 51.9 Å². The van der Waals surface area contributed by atoms with Gasteiger partial charge in [0.05, 0.1) is 19.8 Å². The predicted molar refractivity (Wildman–Crippen MR) is 123 cm³/mol. The highest BCUT2D eigenvalue weighted by atomic mass is 16.6. The molecule has 1 saturated carbocycles. The Morgan fingerprint density at radius 1 is 0.424 bits per heavy atom. The molecule has 174 valence electrons. The molecule has 6 nitrogen and oxygen atoms in total. The van der Waals surface area contributed by atoms with Crippen molar-refractivity contribution in [3.63, 3.8) is 0 Å². The van der Waals surface area contributed by atoms with E-state index in [1.165, 1.54) is 0 Å². The van der Waals surface area contributed by atoms with Crippen molar-refractivity contribution < 1.29 is 29.5 Å². The highest BCUT2D eigenvalue weighted by Crippen LogP contribution is 2.30. The Hall–Kier alpha value is -2.58. The maximum Gasteiger partial charge on any atom is 0.115 e. The highest BCUT2D eigenvalue weighted by molar-refractivity contribution is 5.16. The Balaban J connectivity index is 1.49. The molecule has 1 aliphatic rings. The number of aliphatic hydroxyl groups excluding tert-OH is 3. The van der Waals surface area contributed by atoms with E-state index >= 15 is 0 Å². The second-order valence-corrected chi connectivity index (χ2v) is 8.26. The lowest BCUT2D eigenvalue weighted by molar-refractivity contribution is -0.262. The number of hydrogen-bond acceptors (Lipinski definition) is 6. The molecule has 0 aliphatic heterocycles. The van der Waals surface area contributed by atoms with Crippen LogP contribution in [0.3, 0.4) is 0 Å². The van der Waals surface area contributed by atoms with Crippen molar-refractivity contribution in [2.45, 2.75) is 56.4 Å². The SMILES string of the molecule is O[C@H]1[C@H](O)[C@H](OCc2ccccc2)[C@H](OCc2ccccc2)[C@@H](O)[C@@H]1OCc1ccccc1. The van der Waals surface area contributed by atoms with Crippen LogP contribution in [0.1, 0.15) is 16.7 Å². The Labute approximate surface area is 194 Å². The second-order valence-electron chi connectivity index (χ2n) is 8.26. The normalized spacial score (nSPS) is 27.4. The molecule has 3 N–H and O–H groups in total. The molecule has 1 fully saturated rings. The number of hydrogen-bond donors (Lipinski definition) is 3. The highest BCUT2D eigenvalue weighted by Gasteiger charge is 2.51. The largest absolute Gasteiger partial charge is 0.387 e. The molecule has 1 aliphatic carbocycles. The fourth-order valence-corrected chi connectivity index (χ4v) is 4.05. The quantitative estimate of drug-likeness (QED) is 0.465. The number of aliphatic hydroxyl groups is 3. The molecule has 3 aromatic carbocycles. The first-order valence-electron chi connectivity index (χ1n) is 11.1. The number of rotatable bonds is 9. The van der Waals surface area contributed by atoms with Crippen molar-refractivity contribution in [1.29, 1.82) is 0 Å². The molecule has 6 atom stereocenters. The summed E-state index contributed by atoms with van der Waals surface area (Å²) in [5, 5.41) is 32.8. The summed E-state index contributed by atoms with van der Waals surface area (Å²) in [6.45, 7) is 0.623. The summed E-state index contributed by atoms with van der Waals surface area (Å²) in [6, 6.07) is 28.6. The van der Waals surface area contributed by atoms with Gasteiger partial charge in [0, 0.05) is 0 Å². The Bertz CT molecular complexity index is 952. The lowest BCUT2D eigenvalue weighted by atomic mass is 9.84. The monoisotopic (exact) mass is 450 g/mol. The van der Waals surface area contributed by atoms with Crippen LogP contribution in [0.15, 0.2) is 91.0 Å². The molecule has 0 saturated heterocycles. The van der Waals surface area contributed by atoms with Crippen LogP contribution < -0.4 is 0 Å². The second kappa shape index (κ2) is 11.5. The average Bonchev–Trinajstić information content (AvgIpc) is 2.86. The zero-order valence-electron chi connectivity index (χ0n) is 18.3. The summed E-state index contributed by atoms with van der Waals surface area (Å²) in [6.07, 6.45) is -6.68. The third kappa shape index (κ3) is 6.06. The molecule has 0 amide bonds. The van der Waals surface area contributed by atoms with E-state index in [1.807, 2.05) is 91.0 Å². The van der Waals surface area contributed by atoms with E-state index in [4.69, 9.17) is 14.2 Å². The molecular formula is C27H30O6. The molecule has 0 aromatic heterocycles. The van der Waals surface area contributed by atoms with Crippen molar-refractivity contribution in [3.8, 4) is 0 Å². The van der Waals surface area contributed by atoms with Crippen molar-refractivity contribution in [2.24, 2.45) is 0 Å². The first-order chi connectivity index (χ1) is 16.1. The van der Waals surface area contributed by atoms with Gasteiger partial charge < -0.3 is 29.5 Å². The maximum atomic E-state index is 11.1. The van der Waals surface area contributed by atoms with Crippen LogP contribution in [-0.2, 0) is 34.0 Å². The van der Waals surface area contributed by atoms with Gasteiger partial charge in [-0.05, 0) is 16.7 Å². The van der Waals surface area contributed by atoms with E-state index in [2.05, 4.69) is 0 Å². The molecule has 0 spiro atoms. The van der Waals surface area contributed by atoms with E-state index in [9.17, 15) is 15.3 Å². The van der Waals surface area contributed by atoms with Gasteiger partial charge in [0.25, 0.3) is 0 Å². The van der Waals surface area contributed by atoms with Crippen molar-refractivity contribution in [3.05, 3.63) is 108 Å². The average molecular weight is 451 g/mol. The van der Waals surface area contributed by atoms with Crippen molar-refractivity contribution >= 4 is 0 Å². The predicted octanol–water partition coefficient (Wildman–Crippen LogP) is 2.84. The first-order valence-corrected chi connectivity index (χ1v) is 11.1. The molecule has 0 heterocycles. The van der Waals surface area contributed by atoms with Gasteiger partial charge in [0.1, 0.15) is 36.6 Å². The summed E-state index contributed by atoms with van der Waals surface area (Å²) >= 11 is 0. The molecule has 6 heteroatoms. The van der Waals surface area contributed by atoms with Gasteiger partial charge in [-0.3, -0.25) is 0 Å². The van der Waals surface area contributed by atoms with E-state index in [0.717, 1.165) is 16.7 Å². The van der Waals surface area contributed by atoms with Crippen molar-refractivity contribution in [2.75, 3.05) is 0 Å². The first kappa shape index (κ1) is 23.6. The van der Waals surface area contributed by atoms with E-state index < -0.39 is 36.6 Å². The summed E-state index contributed by atoms with van der Waals surface area (Å²) < 4.78 is 17.9. The van der Waals surface area contributed by atoms with Gasteiger partial charge >= 0.3 is 0 Å². The zero-order chi connectivity index (χ0) is 23.0. The fourth-order valence-electron chi connectivity index (χ4n) is 4.05. The summed E-state index contributed by atoms with van der Waals surface area (Å²) in [5.74, 6) is 0. The van der Waals surface area contributed by atoms with E-state index in [-0.39, 0.29) is 19.8 Å². The van der Waals surface area contributed by atoms with Crippen LogP contribution in [0.2, 0.25) is 0 Å². The van der Waals surface area contributed by atoms with Gasteiger partial charge in [-0.2, -0.15) is 0 Å². The summed E-state index contributed by atoms with van der Waals surface area (Å²) in [7, 11) is 0. The van der Waals surface area contributed by atoms with Crippen LogP contribution in [0, 0.1) is 0 Å². The van der Waals surface area contributed by atoms with Crippen LogP contribution >= 0.6 is 0 Å². The van der Waals surface area contributed by atoms with Gasteiger partial charge in [0.2, 0.25) is 0 Å². The van der Waals surface area contributed by atoms with Gasteiger partial charge in [-0.15, -0.1) is 0 Å². The maximum absolute atomic E-state index is 11.1. The molecular weight excluding hydrogens is 420 g/mol. The molecule has 4 rings (SSSR count). The smallest absolute Gasteiger partial charge is 0.115 e. The Kier molecular flexibility index (Phi) is 8.23. The van der Waals surface area contributed by atoms with Crippen LogP contribution in [0.5, 0.6) is 0 Å². The van der Waals surface area contributed by atoms with Gasteiger partial charge in [-0.25, -0.2) is 0 Å².